The molecule has 0 saturated heterocycles. The van der Waals surface area contributed by atoms with Gasteiger partial charge in [0, 0.05) is 0 Å². The lowest BCUT2D eigenvalue weighted by Gasteiger charge is -2.15. The van der Waals surface area contributed by atoms with E-state index in [1.807, 2.05) is 32.0 Å². The number of benzene rings is 15. The Kier molecular flexibility index (Phi) is 28.8. The molecule has 95 heavy (non-hydrogen) atoms. The van der Waals surface area contributed by atoms with Gasteiger partial charge in [0.15, 0.2) is 0 Å². The largest absolute Gasteiger partial charge is 0.0683 e. The topological polar surface area (TPSA) is 0 Å². The number of hydrogen-bond acceptors (Lipinski definition) is 0. The van der Waals surface area contributed by atoms with Gasteiger partial charge in [-0.05, 0) is 161 Å². The second-order valence-electron chi connectivity index (χ2n) is 26.9. The van der Waals surface area contributed by atoms with Crippen LogP contribution >= 0.6 is 0 Å². The van der Waals surface area contributed by atoms with Crippen LogP contribution in [0.15, 0.2) is 291 Å². The molecule has 0 heteroatoms. The molecule has 0 bridgehead atoms. The quantitative estimate of drug-likeness (QED) is 0.133. The monoisotopic (exact) mass is 1250 g/mol. The van der Waals surface area contributed by atoms with Crippen LogP contribution in [0.5, 0.6) is 0 Å². The molecular weight excluding hydrogens is 1140 g/mol. The van der Waals surface area contributed by atoms with E-state index < -0.39 is 0 Å². The Morgan fingerprint density at radius 2 is 0.568 bits per heavy atom. The summed E-state index contributed by atoms with van der Waals surface area (Å²) in [5, 5.41) is 24.1. The SMILES string of the molecule is CC.CC(C)(C)C.CC1CCCCC1.CCC.Cc1cc2ccccc2c2ccccc12.Cc1ccc2c(ccc3ccccc32)c1.Cc1ccc2c3ccccc3c3ccccc3c2c1.Cc1ccc2ccccc2c1.Cc1cccc2ccccc12.Cc1ccccc1. The van der Waals surface area contributed by atoms with Crippen molar-refractivity contribution in [3.05, 3.63) is 325 Å². The highest BCUT2D eigenvalue weighted by atomic mass is 14.1. The molecule has 0 heterocycles. The van der Waals surface area contributed by atoms with Crippen LogP contribution in [0.4, 0.5) is 0 Å². The molecule has 0 radical (unpaired) electrons. The van der Waals surface area contributed by atoms with Crippen molar-refractivity contribution < 1.29 is 0 Å². The molecule has 0 N–H and O–H groups in total. The van der Waals surface area contributed by atoms with E-state index in [0.29, 0.717) is 5.41 Å². The van der Waals surface area contributed by atoms with E-state index in [-0.39, 0.29) is 0 Å². The number of fused-ring (bicyclic) bond motifs is 14. The Morgan fingerprint density at radius 3 is 1.06 bits per heavy atom. The Hall–Kier alpha value is -9.36. The zero-order valence-corrected chi connectivity index (χ0v) is 60.0. The van der Waals surface area contributed by atoms with Gasteiger partial charge < -0.3 is 0 Å². The van der Waals surface area contributed by atoms with Crippen LogP contribution in [-0.2, 0) is 0 Å². The van der Waals surface area contributed by atoms with Crippen molar-refractivity contribution in [3.8, 4) is 0 Å². The maximum Gasteiger partial charge on any atom is -0.00963 e. The van der Waals surface area contributed by atoms with Crippen LogP contribution in [0, 0.1) is 52.9 Å². The summed E-state index contributed by atoms with van der Waals surface area (Å²) in [6, 6.07) is 103. The van der Waals surface area contributed by atoms with Crippen molar-refractivity contribution >= 4 is 97.0 Å². The molecule has 0 unspecified atom stereocenters. The van der Waals surface area contributed by atoms with Gasteiger partial charge in [-0.25, -0.2) is 0 Å². The minimum Gasteiger partial charge on any atom is -0.0683 e. The first-order chi connectivity index (χ1) is 46.0. The van der Waals surface area contributed by atoms with Crippen LogP contribution in [0.25, 0.3) is 97.0 Å². The second-order valence-corrected chi connectivity index (χ2v) is 26.9. The maximum absolute atomic E-state index is 2.36. The van der Waals surface area contributed by atoms with E-state index in [2.05, 4.69) is 363 Å². The van der Waals surface area contributed by atoms with Gasteiger partial charge in [-0.3, -0.25) is 0 Å². The lowest BCUT2D eigenvalue weighted by molar-refractivity contribution is 0.385. The summed E-state index contributed by atoms with van der Waals surface area (Å²) in [5.41, 5.74) is 8.48. The third-order valence-electron chi connectivity index (χ3n) is 16.5. The van der Waals surface area contributed by atoms with Crippen LogP contribution in [0.3, 0.4) is 0 Å². The molecule has 0 atom stereocenters. The lowest BCUT2D eigenvalue weighted by atomic mass is 9.91. The minimum absolute atomic E-state index is 0.500. The van der Waals surface area contributed by atoms with Gasteiger partial charge in [0.2, 0.25) is 0 Å². The smallest absolute Gasteiger partial charge is 0.00963 e. The lowest BCUT2D eigenvalue weighted by Crippen LogP contribution is -1.99. The molecule has 0 nitrogen and oxygen atoms in total. The molecule has 0 spiro atoms. The predicted molar refractivity (Wildman–Crippen MR) is 429 cm³/mol. The van der Waals surface area contributed by atoms with Crippen molar-refractivity contribution in [2.75, 3.05) is 0 Å². The van der Waals surface area contributed by atoms with Crippen molar-refractivity contribution in [2.45, 2.75) is 142 Å². The van der Waals surface area contributed by atoms with Crippen molar-refractivity contribution in [1.29, 1.82) is 0 Å². The number of hydrogen-bond donors (Lipinski definition) is 0. The molecule has 16 rings (SSSR count). The number of aryl methyl sites for hydroxylation is 6. The average Bonchev–Trinajstić information content (AvgIpc) is 0.757. The first kappa shape index (κ1) is 73.1. The highest BCUT2D eigenvalue weighted by Crippen LogP contribution is 2.36. The molecule has 1 aliphatic rings. The van der Waals surface area contributed by atoms with E-state index in [4.69, 9.17) is 0 Å². The molecule has 0 aliphatic heterocycles. The molecule has 15 aromatic rings. The summed E-state index contributed by atoms with van der Waals surface area (Å²) in [5.74, 6) is 1.04. The van der Waals surface area contributed by atoms with Crippen LogP contribution in [0.1, 0.15) is 134 Å². The molecule has 0 aromatic heterocycles. The van der Waals surface area contributed by atoms with E-state index in [0.717, 1.165) is 5.92 Å². The van der Waals surface area contributed by atoms with Crippen molar-refractivity contribution in [3.63, 3.8) is 0 Å². The van der Waals surface area contributed by atoms with Gasteiger partial charge in [0.05, 0.1) is 0 Å². The fourth-order valence-corrected chi connectivity index (χ4v) is 11.9. The maximum atomic E-state index is 2.36. The first-order valence-electron chi connectivity index (χ1n) is 35.0. The summed E-state index contributed by atoms with van der Waals surface area (Å²) in [7, 11) is 0. The van der Waals surface area contributed by atoms with Crippen molar-refractivity contribution in [2.24, 2.45) is 11.3 Å². The molecule has 1 fully saturated rings. The highest BCUT2D eigenvalue weighted by molar-refractivity contribution is 6.25. The summed E-state index contributed by atoms with van der Waals surface area (Å²) in [6.45, 7) is 32.2. The zero-order valence-electron chi connectivity index (χ0n) is 60.0. The number of rotatable bonds is 0. The molecule has 15 aromatic carbocycles. The molecular formula is C95H106. The van der Waals surface area contributed by atoms with E-state index in [9.17, 15) is 0 Å². The second kappa shape index (κ2) is 37.5. The Bertz CT molecular complexity index is 4730. The third-order valence-corrected chi connectivity index (χ3v) is 16.5. The average molecular weight is 1250 g/mol. The highest BCUT2D eigenvalue weighted by Gasteiger charge is 2.09. The fourth-order valence-electron chi connectivity index (χ4n) is 11.9. The van der Waals surface area contributed by atoms with Gasteiger partial charge in [-0.1, -0.05) is 414 Å². The van der Waals surface area contributed by atoms with Crippen molar-refractivity contribution in [1.82, 2.24) is 0 Å². The standard InChI is InChI=1S/C19H14.2C15H12.2C11H10.C7H14.C7H8.C5H12.C3H8.C2H6/c1-13-10-11-18-16-8-3-2-6-14(16)15-7-4-5-9-17(15)19(18)12-13;1-11-10-12-6-2-3-8-14(12)15-9-5-4-7-13(11)15;1-11-6-9-15-13(10-11)8-7-12-4-2-3-5-14(12)15;1-9-5-4-7-10-6-2-3-8-11(9)10;1-9-6-7-10-4-2-3-5-11(10)8-9;2*1-7-5-3-2-4-6-7;1-5(2,3)4;1-3-2;1-2/h2-12H,1H3;2*2-10H,1H3;2*2-8H,1H3;7H,2-6H2,1H3;2-6H,1H3;1-4H3;3H2,1-2H3;1-2H3. The van der Waals surface area contributed by atoms with Crippen LogP contribution < -0.4 is 0 Å². The van der Waals surface area contributed by atoms with E-state index in [1.165, 1.54) is 169 Å². The first-order valence-corrected chi connectivity index (χ1v) is 35.0. The molecule has 1 saturated carbocycles. The van der Waals surface area contributed by atoms with Gasteiger partial charge in [0.25, 0.3) is 0 Å². The third kappa shape index (κ3) is 22.1. The van der Waals surface area contributed by atoms with E-state index >= 15 is 0 Å². The predicted octanol–water partition coefficient (Wildman–Crippen LogP) is 29.4. The summed E-state index contributed by atoms with van der Waals surface area (Å²) in [6.07, 6.45) is 8.69. The van der Waals surface area contributed by atoms with Crippen LogP contribution in [-0.4, -0.2) is 0 Å². The summed E-state index contributed by atoms with van der Waals surface area (Å²) < 4.78 is 0. The molecule has 486 valence electrons. The Morgan fingerprint density at radius 1 is 0.253 bits per heavy atom. The molecule has 0 amide bonds. The molecule has 1 aliphatic carbocycles. The summed E-state index contributed by atoms with van der Waals surface area (Å²) in [4.78, 5) is 0. The normalized spacial score (nSPS) is 11.5. The summed E-state index contributed by atoms with van der Waals surface area (Å²) >= 11 is 0. The van der Waals surface area contributed by atoms with Gasteiger partial charge in [0.1, 0.15) is 0 Å². The van der Waals surface area contributed by atoms with Gasteiger partial charge in [-0.15, -0.1) is 0 Å². The van der Waals surface area contributed by atoms with Gasteiger partial charge in [-0.2, -0.15) is 0 Å². The Labute approximate surface area is 571 Å². The minimum atomic E-state index is 0.500. The fraction of sp³-hybridized carbons (Fsp3) is 0.242. The Balaban J connectivity index is 0.000000156. The zero-order chi connectivity index (χ0) is 68.1. The van der Waals surface area contributed by atoms with E-state index in [1.54, 1.807) is 0 Å². The van der Waals surface area contributed by atoms with Crippen LogP contribution in [0.2, 0.25) is 0 Å². The van der Waals surface area contributed by atoms with Gasteiger partial charge >= 0.3 is 0 Å².